The van der Waals surface area contributed by atoms with Gasteiger partial charge in [-0.1, -0.05) is 23.7 Å². The molecule has 1 aromatic heterocycles. The number of para-hydroxylation sites is 2. The molecule has 1 N–H and O–H groups in total. The van der Waals surface area contributed by atoms with Crippen LogP contribution < -0.4 is 15.6 Å². The molecule has 0 bridgehead atoms. The molecule has 0 aliphatic carbocycles. The van der Waals surface area contributed by atoms with Gasteiger partial charge in [0.1, 0.15) is 11.6 Å². The summed E-state index contributed by atoms with van der Waals surface area (Å²) in [4.78, 5) is 20.6. The van der Waals surface area contributed by atoms with Crippen LogP contribution in [0.25, 0.3) is 16.6 Å². The first-order valence-electron chi connectivity index (χ1n) is 9.54. The monoisotopic (exact) mass is 398 g/mol. The molecule has 0 amide bonds. The first-order valence-corrected chi connectivity index (χ1v) is 9.91. The molecule has 0 saturated carbocycles. The van der Waals surface area contributed by atoms with Crippen molar-refractivity contribution in [3.63, 3.8) is 0 Å². The van der Waals surface area contributed by atoms with Crippen LogP contribution in [0.3, 0.4) is 0 Å². The summed E-state index contributed by atoms with van der Waals surface area (Å²) < 4.78 is 7.46. The Labute approximate surface area is 168 Å². The maximum atomic E-state index is 13.5. The number of piperazine rings is 1. The standard InChI is InChI=1S/C21H23ClN4O2/c1-2-28-19-6-4-3-5-18(19)26-20(14-25-11-9-23-10-12-25)24-17-8-7-15(22)13-16(17)21(26)27/h3-8,13,23H,2,9-12,14H2,1H3. The Morgan fingerprint density at radius 2 is 1.96 bits per heavy atom. The number of hydrogen-bond donors (Lipinski definition) is 1. The van der Waals surface area contributed by atoms with E-state index in [4.69, 9.17) is 21.3 Å². The highest BCUT2D eigenvalue weighted by atomic mass is 35.5. The van der Waals surface area contributed by atoms with E-state index in [1.807, 2.05) is 31.2 Å². The van der Waals surface area contributed by atoms with Crippen LogP contribution in [0.4, 0.5) is 0 Å². The summed E-state index contributed by atoms with van der Waals surface area (Å²) in [5.74, 6) is 1.37. The van der Waals surface area contributed by atoms with Crippen LogP contribution in [-0.4, -0.2) is 47.2 Å². The Kier molecular flexibility index (Phi) is 5.62. The molecule has 1 fully saturated rings. The molecule has 1 aliphatic rings. The topological polar surface area (TPSA) is 59.4 Å². The minimum absolute atomic E-state index is 0.134. The fraction of sp³-hybridized carbons (Fsp3) is 0.333. The van der Waals surface area contributed by atoms with Gasteiger partial charge in [-0.3, -0.25) is 14.3 Å². The first-order chi connectivity index (χ1) is 13.7. The van der Waals surface area contributed by atoms with Gasteiger partial charge in [-0.25, -0.2) is 4.98 Å². The molecule has 146 valence electrons. The van der Waals surface area contributed by atoms with E-state index in [2.05, 4.69) is 10.2 Å². The van der Waals surface area contributed by atoms with E-state index in [9.17, 15) is 4.79 Å². The molecule has 4 rings (SSSR count). The fourth-order valence-corrected chi connectivity index (χ4v) is 3.72. The van der Waals surface area contributed by atoms with Crippen molar-refractivity contribution in [2.24, 2.45) is 0 Å². The smallest absolute Gasteiger partial charge is 0.266 e. The van der Waals surface area contributed by atoms with Crippen molar-refractivity contribution < 1.29 is 4.74 Å². The predicted octanol–water partition coefficient (Wildman–Crippen LogP) is 2.84. The second-order valence-electron chi connectivity index (χ2n) is 6.76. The molecule has 1 aliphatic heterocycles. The van der Waals surface area contributed by atoms with E-state index >= 15 is 0 Å². The van der Waals surface area contributed by atoms with Gasteiger partial charge in [0.15, 0.2) is 0 Å². The molecule has 0 radical (unpaired) electrons. The van der Waals surface area contributed by atoms with E-state index < -0.39 is 0 Å². The highest BCUT2D eigenvalue weighted by molar-refractivity contribution is 6.31. The van der Waals surface area contributed by atoms with Gasteiger partial charge in [0.05, 0.1) is 29.7 Å². The highest BCUT2D eigenvalue weighted by Gasteiger charge is 2.19. The highest BCUT2D eigenvalue weighted by Crippen LogP contribution is 2.24. The van der Waals surface area contributed by atoms with Gasteiger partial charge in [0.2, 0.25) is 0 Å². The third-order valence-electron chi connectivity index (χ3n) is 4.88. The van der Waals surface area contributed by atoms with Gasteiger partial charge in [-0.2, -0.15) is 0 Å². The van der Waals surface area contributed by atoms with Crippen molar-refractivity contribution in [1.29, 1.82) is 0 Å². The lowest BCUT2D eigenvalue weighted by atomic mass is 10.2. The number of fused-ring (bicyclic) bond motifs is 1. The van der Waals surface area contributed by atoms with Gasteiger partial charge in [-0.15, -0.1) is 0 Å². The number of nitrogens with one attached hydrogen (secondary N) is 1. The summed E-state index contributed by atoms with van der Waals surface area (Å²) in [5.41, 5.74) is 1.23. The molecule has 2 aromatic carbocycles. The van der Waals surface area contributed by atoms with Crippen LogP contribution in [-0.2, 0) is 6.54 Å². The van der Waals surface area contributed by atoms with Crippen molar-refractivity contribution in [1.82, 2.24) is 19.8 Å². The predicted molar refractivity (Wildman–Crippen MR) is 112 cm³/mol. The SMILES string of the molecule is CCOc1ccccc1-n1c(CN2CCNCC2)nc2ccc(Cl)cc2c1=O. The third-order valence-corrected chi connectivity index (χ3v) is 5.12. The Morgan fingerprint density at radius 1 is 1.18 bits per heavy atom. The van der Waals surface area contributed by atoms with E-state index in [0.717, 1.165) is 26.2 Å². The van der Waals surface area contributed by atoms with Crippen LogP contribution >= 0.6 is 11.6 Å². The van der Waals surface area contributed by atoms with Crippen LogP contribution in [0, 0.1) is 0 Å². The fourth-order valence-electron chi connectivity index (χ4n) is 3.55. The van der Waals surface area contributed by atoms with Crippen molar-refractivity contribution in [2.45, 2.75) is 13.5 Å². The van der Waals surface area contributed by atoms with E-state index in [0.29, 0.717) is 46.3 Å². The minimum Gasteiger partial charge on any atom is -0.492 e. The number of hydrogen-bond acceptors (Lipinski definition) is 5. The van der Waals surface area contributed by atoms with E-state index in [1.165, 1.54) is 0 Å². The first kappa shape index (κ1) is 18.9. The number of ether oxygens (including phenoxy) is 1. The lowest BCUT2D eigenvalue weighted by Gasteiger charge is -2.28. The quantitative estimate of drug-likeness (QED) is 0.716. The number of rotatable bonds is 5. The van der Waals surface area contributed by atoms with Gasteiger partial charge >= 0.3 is 0 Å². The summed E-state index contributed by atoms with van der Waals surface area (Å²) in [6.45, 7) is 6.75. The number of nitrogens with zero attached hydrogens (tertiary/aromatic N) is 3. The lowest BCUT2D eigenvalue weighted by molar-refractivity contribution is 0.226. The number of benzene rings is 2. The van der Waals surface area contributed by atoms with Gasteiger partial charge < -0.3 is 10.1 Å². The van der Waals surface area contributed by atoms with Gasteiger partial charge in [0.25, 0.3) is 5.56 Å². The molecule has 0 spiro atoms. The van der Waals surface area contributed by atoms with E-state index in [-0.39, 0.29) is 5.56 Å². The van der Waals surface area contributed by atoms with Crippen molar-refractivity contribution in [3.8, 4) is 11.4 Å². The minimum atomic E-state index is -0.134. The molecular weight excluding hydrogens is 376 g/mol. The Hall–Kier alpha value is -2.41. The third kappa shape index (κ3) is 3.76. The molecular formula is C21H23ClN4O2. The molecule has 0 unspecified atom stereocenters. The average Bonchev–Trinajstić information content (AvgIpc) is 2.71. The summed E-state index contributed by atoms with van der Waals surface area (Å²) in [5, 5.41) is 4.38. The average molecular weight is 399 g/mol. The maximum absolute atomic E-state index is 13.5. The Morgan fingerprint density at radius 3 is 2.75 bits per heavy atom. The second-order valence-corrected chi connectivity index (χ2v) is 7.19. The molecule has 3 aromatic rings. The molecule has 1 saturated heterocycles. The molecule has 7 heteroatoms. The zero-order chi connectivity index (χ0) is 19.5. The molecule has 2 heterocycles. The zero-order valence-corrected chi connectivity index (χ0v) is 16.6. The van der Waals surface area contributed by atoms with E-state index in [1.54, 1.807) is 22.8 Å². The summed E-state index contributed by atoms with van der Waals surface area (Å²) in [6.07, 6.45) is 0. The van der Waals surface area contributed by atoms with Gasteiger partial charge in [-0.05, 0) is 37.3 Å². The zero-order valence-electron chi connectivity index (χ0n) is 15.8. The Bertz CT molecular complexity index is 1040. The molecule has 0 atom stereocenters. The summed E-state index contributed by atoms with van der Waals surface area (Å²) in [7, 11) is 0. The summed E-state index contributed by atoms with van der Waals surface area (Å²) >= 11 is 6.15. The van der Waals surface area contributed by atoms with Crippen LogP contribution in [0.1, 0.15) is 12.7 Å². The Balaban J connectivity index is 1.92. The normalized spacial score (nSPS) is 15.1. The maximum Gasteiger partial charge on any atom is 0.266 e. The van der Waals surface area contributed by atoms with Gasteiger partial charge in [0, 0.05) is 31.2 Å². The molecule has 6 nitrogen and oxygen atoms in total. The van der Waals surface area contributed by atoms with Crippen molar-refractivity contribution in [3.05, 3.63) is 63.7 Å². The lowest BCUT2D eigenvalue weighted by Crippen LogP contribution is -2.44. The number of aromatic nitrogens is 2. The molecule has 28 heavy (non-hydrogen) atoms. The van der Waals surface area contributed by atoms with Crippen molar-refractivity contribution >= 4 is 22.5 Å². The second kappa shape index (κ2) is 8.31. The van der Waals surface area contributed by atoms with Crippen LogP contribution in [0.5, 0.6) is 5.75 Å². The summed E-state index contributed by atoms with van der Waals surface area (Å²) in [6, 6.07) is 12.8. The van der Waals surface area contributed by atoms with Crippen LogP contribution in [0.15, 0.2) is 47.3 Å². The van der Waals surface area contributed by atoms with Crippen LogP contribution in [0.2, 0.25) is 5.02 Å². The van der Waals surface area contributed by atoms with Crippen molar-refractivity contribution in [2.75, 3.05) is 32.8 Å². The largest absolute Gasteiger partial charge is 0.492 e. The number of halogens is 1.